The van der Waals surface area contributed by atoms with Gasteiger partial charge in [0.1, 0.15) is 5.69 Å². The minimum absolute atomic E-state index is 0.337. The topological polar surface area (TPSA) is 60.9 Å². The van der Waals surface area contributed by atoms with Gasteiger partial charge in [-0.3, -0.25) is 9.48 Å². The van der Waals surface area contributed by atoms with Crippen LogP contribution in [-0.4, -0.2) is 15.7 Å². The number of rotatable bonds is 2. The van der Waals surface area contributed by atoms with Crippen LogP contribution in [0.3, 0.4) is 0 Å². The minimum Gasteiger partial charge on any atom is -0.364 e. The lowest BCUT2D eigenvalue weighted by molar-refractivity contribution is 0.0995. The molecule has 2 N–H and O–H groups in total. The molecule has 60 valence electrons. The Morgan fingerprint density at radius 1 is 1.82 bits per heavy atom. The Hall–Kier alpha value is -1.32. The highest BCUT2D eigenvalue weighted by molar-refractivity contribution is 5.90. The molecule has 0 radical (unpaired) electrons. The van der Waals surface area contributed by atoms with Crippen molar-refractivity contribution in [3.8, 4) is 0 Å². The van der Waals surface area contributed by atoms with Crippen molar-refractivity contribution in [1.82, 2.24) is 9.78 Å². The lowest BCUT2D eigenvalue weighted by Crippen LogP contribution is -2.11. The van der Waals surface area contributed by atoms with Crippen molar-refractivity contribution in [3.63, 3.8) is 0 Å². The number of aryl methyl sites for hydroxylation is 2. The van der Waals surface area contributed by atoms with Crippen molar-refractivity contribution < 1.29 is 4.79 Å². The van der Waals surface area contributed by atoms with Crippen molar-refractivity contribution in [1.29, 1.82) is 0 Å². The van der Waals surface area contributed by atoms with Crippen LogP contribution in [-0.2, 0) is 13.5 Å². The fraction of sp³-hybridized carbons (Fsp3) is 0.429. The van der Waals surface area contributed by atoms with Crippen LogP contribution in [0.5, 0.6) is 0 Å². The molecule has 4 heteroatoms. The molecule has 0 saturated heterocycles. The zero-order valence-corrected chi connectivity index (χ0v) is 6.66. The van der Waals surface area contributed by atoms with Crippen LogP contribution in [0.25, 0.3) is 0 Å². The molecule has 0 saturated carbocycles. The van der Waals surface area contributed by atoms with Crippen molar-refractivity contribution in [3.05, 3.63) is 17.5 Å². The average Bonchev–Trinajstić information content (AvgIpc) is 2.31. The zero-order valence-electron chi connectivity index (χ0n) is 6.66. The van der Waals surface area contributed by atoms with E-state index in [1.165, 1.54) is 0 Å². The number of carbonyl (C=O) groups is 1. The molecular formula is C7H11N3O. The number of primary amides is 1. The van der Waals surface area contributed by atoms with E-state index in [2.05, 4.69) is 5.10 Å². The summed E-state index contributed by atoms with van der Waals surface area (Å²) in [6.45, 7) is 2.00. The van der Waals surface area contributed by atoms with Crippen LogP contribution in [0.4, 0.5) is 0 Å². The fourth-order valence-electron chi connectivity index (χ4n) is 0.957. The molecule has 0 aliphatic rings. The van der Waals surface area contributed by atoms with E-state index in [0.29, 0.717) is 5.69 Å². The number of hydrogen-bond donors (Lipinski definition) is 1. The maximum Gasteiger partial charge on any atom is 0.269 e. The molecule has 0 fully saturated rings. The molecule has 0 unspecified atom stereocenters. The summed E-state index contributed by atoms with van der Waals surface area (Å²) < 4.78 is 1.67. The van der Waals surface area contributed by atoms with Gasteiger partial charge in [-0.1, -0.05) is 6.92 Å². The molecule has 0 aliphatic heterocycles. The maximum atomic E-state index is 10.6. The van der Waals surface area contributed by atoms with Crippen LogP contribution in [0.15, 0.2) is 6.07 Å². The van der Waals surface area contributed by atoms with Gasteiger partial charge in [0.2, 0.25) is 0 Å². The normalized spacial score (nSPS) is 10.0. The van der Waals surface area contributed by atoms with E-state index in [9.17, 15) is 4.79 Å². The Morgan fingerprint density at radius 3 is 2.73 bits per heavy atom. The quantitative estimate of drug-likeness (QED) is 0.654. The third-order valence-electron chi connectivity index (χ3n) is 1.59. The molecule has 0 aromatic carbocycles. The van der Waals surface area contributed by atoms with E-state index in [1.54, 1.807) is 17.8 Å². The third kappa shape index (κ3) is 1.39. The largest absolute Gasteiger partial charge is 0.364 e. The van der Waals surface area contributed by atoms with Crippen LogP contribution in [0.2, 0.25) is 0 Å². The number of carbonyl (C=O) groups excluding carboxylic acids is 1. The van der Waals surface area contributed by atoms with Gasteiger partial charge in [-0.2, -0.15) is 5.10 Å². The van der Waals surface area contributed by atoms with Gasteiger partial charge in [-0.25, -0.2) is 0 Å². The lowest BCUT2D eigenvalue weighted by Gasteiger charge is -1.92. The molecule has 11 heavy (non-hydrogen) atoms. The summed E-state index contributed by atoms with van der Waals surface area (Å²) in [7, 11) is 1.80. The van der Waals surface area contributed by atoms with Crippen LogP contribution in [0.1, 0.15) is 23.1 Å². The van der Waals surface area contributed by atoms with Crippen molar-refractivity contribution in [2.24, 2.45) is 12.8 Å². The monoisotopic (exact) mass is 153 g/mol. The third-order valence-corrected chi connectivity index (χ3v) is 1.59. The van der Waals surface area contributed by atoms with Crippen LogP contribution < -0.4 is 5.73 Å². The number of amides is 1. The highest BCUT2D eigenvalue weighted by atomic mass is 16.1. The minimum atomic E-state index is -0.472. The molecule has 0 bridgehead atoms. The highest BCUT2D eigenvalue weighted by Gasteiger charge is 2.06. The Kier molecular flexibility index (Phi) is 1.94. The average molecular weight is 153 g/mol. The van der Waals surface area contributed by atoms with Gasteiger partial charge in [0.15, 0.2) is 0 Å². The van der Waals surface area contributed by atoms with Crippen LogP contribution >= 0.6 is 0 Å². The summed E-state index contributed by atoms with van der Waals surface area (Å²) >= 11 is 0. The van der Waals surface area contributed by atoms with E-state index >= 15 is 0 Å². The predicted molar refractivity (Wildman–Crippen MR) is 41.1 cm³/mol. The van der Waals surface area contributed by atoms with Crippen molar-refractivity contribution >= 4 is 5.91 Å². The van der Waals surface area contributed by atoms with Crippen molar-refractivity contribution in [2.75, 3.05) is 0 Å². The lowest BCUT2D eigenvalue weighted by atomic mass is 10.3. The summed E-state index contributed by atoms with van der Waals surface area (Å²) in [6.07, 6.45) is 0.858. The number of nitrogens with two attached hydrogens (primary N) is 1. The van der Waals surface area contributed by atoms with Gasteiger partial charge in [-0.15, -0.1) is 0 Å². The first-order valence-corrected chi connectivity index (χ1v) is 3.48. The smallest absolute Gasteiger partial charge is 0.269 e. The summed E-state index contributed by atoms with van der Waals surface area (Å²) in [5.74, 6) is -0.472. The van der Waals surface area contributed by atoms with Gasteiger partial charge in [0.05, 0.1) is 0 Å². The Bertz CT molecular complexity index is 277. The predicted octanol–water partition coefficient (Wildman–Crippen LogP) is 0.0814. The Morgan fingerprint density at radius 2 is 2.45 bits per heavy atom. The first kappa shape index (κ1) is 7.78. The molecule has 0 atom stereocenters. The molecule has 1 aromatic heterocycles. The second kappa shape index (κ2) is 2.74. The van der Waals surface area contributed by atoms with E-state index in [0.717, 1.165) is 12.1 Å². The summed E-state index contributed by atoms with van der Waals surface area (Å²) in [5.41, 5.74) is 6.39. The molecule has 4 nitrogen and oxygen atoms in total. The molecule has 0 spiro atoms. The molecule has 1 rings (SSSR count). The second-order valence-corrected chi connectivity index (χ2v) is 2.36. The van der Waals surface area contributed by atoms with Gasteiger partial charge < -0.3 is 5.73 Å². The SMILES string of the molecule is CCc1cc(C(N)=O)nn1C. The first-order valence-electron chi connectivity index (χ1n) is 3.48. The molecule has 1 amide bonds. The molecule has 1 heterocycles. The van der Waals surface area contributed by atoms with E-state index in [1.807, 2.05) is 6.92 Å². The highest BCUT2D eigenvalue weighted by Crippen LogP contribution is 2.02. The second-order valence-electron chi connectivity index (χ2n) is 2.36. The molecule has 0 aliphatic carbocycles. The van der Waals surface area contributed by atoms with Gasteiger partial charge in [-0.05, 0) is 12.5 Å². The zero-order chi connectivity index (χ0) is 8.43. The first-order chi connectivity index (χ1) is 5.15. The summed E-state index contributed by atoms with van der Waals surface area (Å²) in [4.78, 5) is 10.6. The van der Waals surface area contributed by atoms with E-state index in [4.69, 9.17) is 5.73 Å². The van der Waals surface area contributed by atoms with E-state index in [-0.39, 0.29) is 0 Å². The van der Waals surface area contributed by atoms with Gasteiger partial charge in [0.25, 0.3) is 5.91 Å². The summed E-state index contributed by atoms with van der Waals surface area (Å²) in [6, 6.07) is 1.71. The molecular weight excluding hydrogens is 142 g/mol. The van der Waals surface area contributed by atoms with Crippen LogP contribution in [0, 0.1) is 0 Å². The van der Waals surface area contributed by atoms with Gasteiger partial charge in [0, 0.05) is 12.7 Å². The molecule has 1 aromatic rings. The summed E-state index contributed by atoms with van der Waals surface area (Å²) in [5, 5.41) is 3.92. The standard InChI is InChI=1S/C7H11N3O/c1-3-5-4-6(7(8)11)9-10(5)2/h4H,3H2,1-2H3,(H2,8,11). The fourth-order valence-corrected chi connectivity index (χ4v) is 0.957. The van der Waals surface area contributed by atoms with Crippen molar-refractivity contribution in [2.45, 2.75) is 13.3 Å². The number of hydrogen-bond acceptors (Lipinski definition) is 2. The number of aromatic nitrogens is 2. The van der Waals surface area contributed by atoms with Gasteiger partial charge >= 0.3 is 0 Å². The Labute approximate surface area is 65.0 Å². The Balaban J connectivity index is 3.05. The number of nitrogens with zero attached hydrogens (tertiary/aromatic N) is 2. The maximum absolute atomic E-state index is 10.6. The van der Waals surface area contributed by atoms with E-state index < -0.39 is 5.91 Å².